The summed E-state index contributed by atoms with van der Waals surface area (Å²) in [6.45, 7) is 2.38. The summed E-state index contributed by atoms with van der Waals surface area (Å²) in [5, 5.41) is 2.06. The molecule has 4 heterocycles. The summed E-state index contributed by atoms with van der Waals surface area (Å²) >= 11 is 1.74. The van der Waals surface area contributed by atoms with Gasteiger partial charge < -0.3 is 14.4 Å². The standard InChI is InChI=1S/C17H23NO3S/c19-16-13-6-12-22-15(13)17(7-2-3-9-18(16)17)8-11-21-14-5-1-4-10-20-14/h6,12,14H,1-5,7-11H2. The summed E-state index contributed by atoms with van der Waals surface area (Å²) in [5.41, 5.74) is 0.828. The molecule has 2 saturated heterocycles. The Hall–Kier alpha value is -0.910. The average Bonchev–Trinajstić information content (AvgIpc) is 3.12. The van der Waals surface area contributed by atoms with E-state index in [0.717, 1.165) is 50.8 Å². The van der Waals surface area contributed by atoms with Gasteiger partial charge in [0.1, 0.15) is 0 Å². The van der Waals surface area contributed by atoms with Crippen LogP contribution in [-0.4, -0.2) is 36.9 Å². The van der Waals surface area contributed by atoms with Gasteiger partial charge in [0.25, 0.3) is 5.91 Å². The van der Waals surface area contributed by atoms with Crippen molar-refractivity contribution in [3.63, 3.8) is 0 Å². The number of carbonyl (C=O) groups excluding carboxylic acids is 1. The molecule has 120 valence electrons. The highest BCUT2D eigenvalue weighted by atomic mass is 32.1. The normalized spacial score (nSPS) is 31.2. The zero-order valence-electron chi connectivity index (χ0n) is 12.9. The molecule has 3 aliphatic rings. The van der Waals surface area contributed by atoms with E-state index in [9.17, 15) is 4.79 Å². The van der Waals surface area contributed by atoms with Gasteiger partial charge in [0.05, 0.1) is 17.7 Å². The molecule has 1 aromatic heterocycles. The number of piperidine rings is 1. The first-order valence-electron chi connectivity index (χ1n) is 8.44. The van der Waals surface area contributed by atoms with Crippen molar-refractivity contribution in [3.8, 4) is 0 Å². The second kappa shape index (κ2) is 5.95. The maximum atomic E-state index is 12.6. The van der Waals surface area contributed by atoms with E-state index in [0.29, 0.717) is 6.61 Å². The Labute approximate surface area is 135 Å². The largest absolute Gasteiger partial charge is 0.353 e. The number of hydrogen-bond acceptors (Lipinski definition) is 4. The van der Waals surface area contributed by atoms with Crippen LogP contribution in [0.4, 0.5) is 0 Å². The van der Waals surface area contributed by atoms with Crippen LogP contribution in [0.3, 0.4) is 0 Å². The molecule has 0 spiro atoms. The highest BCUT2D eigenvalue weighted by Crippen LogP contribution is 2.50. The van der Waals surface area contributed by atoms with E-state index >= 15 is 0 Å². The van der Waals surface area contributed by atoms with E-state index in [1.54, 1.807) is 11.3 Å². The fourth-order valence-corrected chi connectivity index (χ4v) is 5.28. The first-order valence-corrected chi connectivity index (χ1v) is 9.32. The lowest BCUT2D eigenvalue weighted by atomic mass is 9.84. The van der Waals surface area contributed by atoms with Crippen LogP contribution < -0.4 is 0 Å². The Bertz CT molecular complexity index is 552. The van der Waals surface area contributed by atoms with Crippen LogP contribution in [0.1, 0.15) is 60.2 Å². The topological polar surface area (TPSA) is 38.8 Å². The van der Waals surface area contributed by atoms with E-state index < -0.39 is 0 Å². The quantitative estimate of drug-likeness (QED) is 0.852. The molecule has 2 fully saturated rings. The second-order valence-corrected chi connectivity index (χ2v) is 7.44. The van der Waals surface area contributed by atoms with Crippen LogP contribution in [0, 0.1) is 0 Å². The molecule has 1 amide bonds. The van der Waals surface area contributed by atoms with Gasteiger partial charge in [-0.25, -0.2) is 0 Å². The van der Waals surface area contributed by atoms with Crippen LogP contribution in [0.25, 0.3) is 0 Å². The zero-order valence-corrected chi connectivity index (χ0v) is 13.7. The number of fused-ring (bicyclic) bond motifs is 3. The molecule has 4 rings (SSSR count). The van der Waals surface area contributed by atoms with Crippen LogP contribution in [0.5, 0.6) is 0 Å². The molecular formula is C17H23NO3S. The maximum Gasteiger partial charge on any atom is 0.255 e. The summed E-state index contributed by atoms with van der Waals surface area (Å²) in [7, 11) is 0. The summed E-state index contributed by atoms with van der Waals surface area (Å²) in [6.07, 6.45) is 7.57. The van der Waals surface area contributed by atoms with E-state index in [2.05, 4.69) is 10.3 Å². The fourth-order valence-electron chi connectivity index (χ4n) is 4.13. The summed E-state index contributed by atoms with van der Waals surface area (Å²) in [6, 6.07) is 1.99. The van der Waals surface area contributed by atoms with Gasteiger partial charge in [0.15, 0.2) is 6.29 Å². The van der Waals surface area contributed by atoms with E-state index in [1.807, 2.05) is 6.07 Å². The first-order chi connectivity index (χ1) is 10.8. The molecule has 0 aromatic carbocycles. The molecule has 22 heavy (non-hydrogen) atoms. The van der Waals surface area contributed by atoms with Gasteiger partial charge in [-0.3, -0.25) is 4.79 Å². The number of amides is 1. The average molecular weight is 321 g/mol. The molecule has 0 bridgehead atoms. The van der Waals surface area contributed by atoms with Crippen LogP contribution in [0.15, 0.2) is 11.4 Å². The van der Waals surface area contributed by atoms with Crippen molar-refractivity contribution in [3.05, 3.63) is 21.9 Å². The molecule has 2 unspecified atom stereocenters. The van der Waals surface area contributed by atoms with Gasteiger partial charge in [0, 0.05) is 18.0 Å². The Morgan fingerprint density at radius 2 is 2.32 bits per heavy atom. The van der Waals surface area contributed by atoms with Crippen molar-refractivity contribution >= 4 is 17.2 Å². The predicted octanol–water partition coefficient (Wildman–Crippen LogP) is 3.52. The molecule has 4 nitrogen and oxygen atoms in total. The highest BCUT2D eigenvalue weighted by Gasteiger charge is 2.51. The van der Waals surface area contributed by atoms with Crippen molar-refractivity contribution in [2.45, 2.75) is 56.8 Å². The number of carbonyl (C=O) groups is 1. The molecule has 3 aliphatic heterocycles. The van der Waals surface area contributed by atoms with E-state index in [1.165, 1.54) is 17.7 Å². The lowest BCUT2D eigenvalue weighted by Gasteiger charge is -2.42. The van der Waals surface area contributed by atoms with Gasteiger partial charge in [-0.1, -0.05) is 0 Å². The van der Waals surface area contributed by atoms with Gasteiger partial charge >= 0.3 is 0 Å². The number of ether oxygens (including phenoxy) is 2. The molecule has 0 saturated carbocycles. The van der Waals surface area contributed by atoms with Crippen molar-refractivity contribution in [1.82, 2.24) is 4.90 Å². The Morgan fingerprint density at radius 1 is 1.36 bits per heavy atom. The smallest absolute Gasteiger partial charge is 0.255 e. The molecule has 2 atom stereocenters. The molecular weight excluding hydrogens is 298 g/mol. The Kier molecular flexibility index (Phi) is 3.96. The zero-order chi connectivity index (χ0) is 15.0. The predicted molar refractivity (Wildman–Crippen MR) is 85.0 cm³/mol. The van der Waals surface area contributed by atoms with E-state index in [4.69, 9.17) is 9.47 Å². The van der Waals surface area contributed by atoms with E-state index in [-0.39, 0.29) is 17.7 Å². The minimum Gasteiger partial charge on any atom is -0.353 e. The van der Waals surface area contributed by atoms with Gasteiger partial charge in [-0.05, 0) is 56.4 Å². The van der Waals surface area contributed by atoms with Gasteiger partial charge in [-0.15, -0.1) is 11.3 Å². The van der Waals surface area contributed by atoms with Gasteiger partial charge in [-0.2, -0.15) is 0 Å². The lowest BCUT2D eigenvalue weighted by molar-refractivity contribution is -0.167. The Morgan fingerprint density at radius 3 is 3.18 bits per heavy atom. The van der Waals surface area contributed by atoms with Crippen molar-refractivity contribution in [1.29, 1.82) is 0 Å². The maximum absolute atomic E-state index is 12.6. The minimum atomic E-state index is -0.104. The number of nitrogens with zero attached hydrogens (tertiary/aromatic N) is 1. The van der Waals surface area contributed by atoms with Crippen molar-refractivity contribution in [2.24, 2.45) is 0 Å². The molecule has 0 N–H and O–H groups in total. The fraction of sp³-hybridized carbons (Fsp3) is 0.706. The van der Waals surface area contributed by atoms with Crippen molar-refractivity contribution in [2.75, 3.05) is 19.8 Å². The number of hydrogen-bond donors (Lipinski definition) is 0. The van der Waals surface area contributed by atoms with Crippen LogP contribution in [-0.2, 0) is 15.0 Å². The molecule has 0 radical (unpaired) electrons. The third-order valence-corrected chi connectivity index (χ3v) is 6.37. The molecule has 5 heteroatoms. The van der Waals surface area contributed by atoms with Crippen molar-refractivity contribution < 1.29 is 14.3 Å². The summed E-state index contributed by atoms with van der Waals surface area (Å²) in [5.74, 6) is 0.227. The first kappa shape index (κ1) is 14.7. The number of thiophene rings is 1. The molecule has 0 aliphatic carbocycles. The lowest BCUT2D eigenvalue weighted by Crippen LogP contribution is -2.47. The minimum absolute atomic E-state index is 0.0397. The monoisotopic (exact) mass is 321 g/mol. The second-order valence-electron chi connectivity index (χ2n) is 6.53. The summed E-state index contributed by atoms with van der Waals surface area (Å²) in [4.78, 5) is 16.0. The SMILES string of the molecule is O=C1c2ccsc2C2(CCOC3CCCCO3)CCCCN12. The summed E-state index contributed by atoms with van der Waals surface area (Å²) < 4.78 is 11.6. The van der Waals surface area contributed by atoms with Crippen LogP contribution in [0.2, 0.25) is 0 Å². The third kappa shape index (κ3) is 2.30. The third-order valence-electron chi connectivity index (χ3n) is 5.26. The number of rotatable bonds is 4. The van der Waals surface area contributed by atoms with Crippen LogP contribution >= 0.6 is 11.3 Å². The highest BCUT2D eigenvalue weighted by molar-refractivity contribution is 7.10. The molecule has 1 aromatic rings. The van der Waals surface area contributed by atoms with Gasteiger partial charge in [0.2, 0.25) is 0 Å². The Balaban J connectivity index is 1.49.